The van der Waals surface area contributed by atoms with Crippen LogP contribution in [0.15, 0.2) is 63.3 Å². The van der Waals surface area contributed by atoms with Crippen LogP contribution in [-0.4, -0.2) is 129 Å². The molecule has 0 atom stereocenters. The molecule has 0 spiro atoms. The van der Waals surface area contributed by atoms with Crippen molar-refractivity contribution in [2.45, 2.75) is 72.8 Å². The summed E-state index contributed by atoms with van der Waals surface area (Å²) in [5, 5.41) is 0. The highest BCUT2D eigenvalue weighted by Gasteiger charge is 2.30. The minimum absolute atomic E-state index is 0. The molecule has 0 heterocycles. The lowest BCUT2D eigenvalue weighted by atomic mass is 9.88. The molecule has 0 amide bonds. The van der Waals surface area contributed by atoms with Crippen molar-refractivity contribution < 1.29 is 71.3 Å². The molecule has 0 radical (unpaired) electrons. The van der Waals surface area contributed by atoms with E-state index in [0.29, 0.717) is 32.8 Å². The predicted molar refractivity (Wildman–Crippen MR) is 226 cm³/mol. The van der Waals surface area contributed by atoms with Gasteiger partial charge in [-0.3, -0.25) is 0 Å². The molecule has 0 fully saturated rings. The van der Waals surface area contributed by atoms with Gasteiger partial charge in [0, 0.05) is 35.8 Å². The van der Waals surface area contributed by atoms with E-state index in [1.807, 2.05) is 6.92 Å². The van der Waals surface area contributed by atoms with E-state index in [1.165, 1.54) is 0 Å². The normalized spacial score (nSPS) is 8.80. The number of carbonyl (C=O) groups is 5. The summed E-state index contributed by atoms with van der Waals surface area (Å²) in [6, 6.07) is 0. The van der Waals surface area contributed by atoms with Gasteiger partial charge in [-0.25, -0.2) is 24.0 Å². The van der Waals surface area contributed by atoms with Crippen molar-refractivity contribution in [3.05, 3.63) is 63.3 Å². The number of rotatable bonds is 30. The number of ether oxygens (including phenoxy) is 10. The van der Waals surface area contributed by atoms with E-state index in [1.54, 1.807) is 0 Å². The van der Waals surface area contributed by atoms with Crippen molar-refractivity contribution in [2.75, 3.05) is 99.1 Å². The molecular weight excluding hydrogens is 732 g/mol. The zero-order chi connectivity index (χ0) is 36.3. The second-order valence-corrected chi connectivity index (χ2v) is 9.09. The molecule has 0 aromatic heterocycles. The van der Waals surface area contributed by atoms with E-state index in [-0.39, 0.29) is 132 Å². The first-order chi connectivity index (χ1) is 23.1. The first kappa shape index (κ1) is 76.5. The fraction of sp³-hybridized carbons (Fsp3) is 0.634. The summed E-state index contributed by atoms with van der Waals surface area (Å²) < 4.78 is 51.2. The standard InChI is InChI=1S/C21H32O9.C12H18O6.8CH4/c1-5-18(22)28-12-9-25-15-21(8-4,16-26-10-13-29-19(23)6-2)17-27-11-14-30-20(24)7-3;1-3-11(13)17-9-7-15-5-6-16-8-10-18-12(14)4-2;;;;;;;;/h5-7H,1-3,8-17H2,4H3;3-4H,1-2,5-10H2;8*1H4. The van der Waals surface area contributed by atoms with Crippen molar-refractivity contribution in [3.63, 3.8) is 0 Å². The molecule has 56 heavy (non-hydrogen) atoms. The maximum Gasteiger partial charge on any atom is 0.330 e. The minimum atomic E-state index is -0.518. The predicted octanol–water partition coefficient (Wildman–Crippen LogP) is 7.19. The molecule has 0 aliphatic carbocycles. The van der Waals surface area contributed by atoms with Crippen molar-refractivity contribution in [1.82, 2.24) is 0 Å². The third kappa shape index (κ3) is 49.9. The van der Waals surface area contributed by atoms with Crippen LogP contribution in [0.25, 0.3) is 0 Å². The third-order valence-corrected chi connectivity index (χ3v) is 5.54. The minimum Gasteiger partial charge on any atom is -0.460 e. The molecule has 0 aliphatic heterocycles. The molecule has 0 saturated heterocycles. The molecule has 0 aromatic carbocycles. The average molecular weight is 815 g/mol. The first-order valence-electron chi connectivity index (χ1n) is 15.0. The van der Waals surface area contributed by atoms with E-state index < -0.39 is 35.3 Å². The molecule has 15 nitrogen and oxygen atoms in total. The van der Waals surface area contributed by atoms with Gasteiger partial charge >= 0.3 is 29.8 Å². The maximum absolute atomic E-state index is 11.1. The van der Waals surface area contributed by atoms with Gasteiger partial charge in [0.25, 0.3) is 0 Å². The summed E-state index contributed by atoms with van der Waals surface area (Å²) in [5.41, 5.74) is -0.493. The Morgan fingerprint density at radius 2 is 0.536 bits per heavy atom. The van der Waals surface area contributed by atoms with Crippen molar-refractivity contribution in [1.29, 1.82) is 0 Å². The van der Waals surface area contributed by atoms with Crippen molar-refractivity contribution >= 4 is 29.8 Å². The Morgan fingerprint density at radius 3 is 0.714 bits per heavy atom. The Kier molecular flexibility index (Phi) is 75.4. The second-order valence-electron chi connectivity index (χ2n) is 9.09. The fourth-order valence-corrected chi connectivity index (χ4v) is 2.92. The SMILES string of the molecule is C.C.C.C.C.C.C.C.C=CC(=O)OCCOCC(CC)(COCCOC(=O)C=C)COCCOC(=O)C=C.C=CC(=O)OCCOCCOCCOC(=O)C=C. The fourth-order valence-electron chi connectivity index (χ4n) is 2.92. The van der Waals surface area contributed by atoms with E-state index in [9.17, 15) is 24.0 Å². The van der Waals surface area contributed by atoms with Crippen LogP contribution < -0.4 is 0 Å². The van der Waals surface area contributed by atoms with Crippen LogP contribution in [0.5, 0.6) is 0 Å². The van der Waals surface area contributed by atoms with Crippen LogP contribution >= 0.6 is 0 Å². The summed E-state index contributed by atoms with van der Waals surface area (Å²) >= 11 is 0. The van der Waals surface area contributed by atoms with Crippen LogP contribution in [0.4, 0.5) is 0 Å². The van der Waals surface area contributed by atoms with Gasteiger partial charge in [0.05, 0.1) is 66.1 Å². The summed E-state index contributed by atoms with van der Waals surface area (Å²) in [6.07, 6.45) is 6.09. The number of esters is 5. The van der Waals surface area contributed by atoms with Gasteiger partial charge in [0.2, 0.25) is 0 Å². The monoisotopic (exact) mass is 815 g/mol. The highest BCUT2D eigenvalue weighted by atomic mass is 16.6. The largest absolute Gasteiger partial charge is 0.460 e. The average Bonchev–Trinajstić information content (AvgIpc) is 3.10. The lowest BCUT2D eigenvalue weighted by Gasteiger charge is -2.32. The molecule has 0 unspecified atom stereocenters. The van der Waals surface area contributed by atoms with Gasteiger partial charge < -0.3 is 47.4 Å². The topological polar surface area (TPSA) is 178 Å². The highest BCUT2D eigenvalue weighted by molar-refractivity contribution is 5.82. The molecule has 0 aliphatic rings. The van der Waals surface area contributed by atoms with Gasteiger partial charge in [-0.05, 0) is 6.42 Å². The van der Waals surface area contributed by atoms with Crippen molar-refractivity contribution in [2.24, 2.45) is 5.41 Å². The summed E-state index contributed by atoms with van der Waals surface area (Å²) in [4.78, 5) is 54.4. The molecule has 0 bridgehead atoms. The molecule has 0 N–H and O–H groups in total. The van der Waals surface area contributed by atoms with Gasteiger partial charge in [-0.2, -0.15) is 0 Å². The van der Waals surface area contributed by atoms with Gasteiger partial charge in [-0.15, -0.1) is 0 Å². The molecule has 0 saturated carbocycles. The summed E-state index contributed by atoms with van der Waals surface area (Å²) in [7, 11) is 0. The Labute approximate surface area is 341 Å². The number of hydrogen-bond acceptors (Lipinski definition) is 15. The zero-order valence-electron chi connectivity index (χ0n) is 27.9. The quantitative estimate of drug-likeness (QED) is 0.0308. The maximum atomic E-state index is 11.1. The molecule has 15 heteroatoms. The molecular formula is C41H82O15. The van der Waals surface area contributed by atoms with E-state index in [0.717, 1.165) is 30.4 Å². The summed E-state index contributed by atoms with van der Waals surface area (Å²) in [5.74, 6) is -2.50. The Balaban J connectivity index is -0.0000000899. The lowest BCUT2D eigenvalue weighted by Crippen LogP contribution is -2.38. The zero-order valence-corrected chi connectivity index (χ0v) is 27.9. The Morgan fingerprint density at radius 1 is 0.357 bits per heavy atom. The first-order valence-corrected chi connectivity index (χ1v) is 15.0. The van der Waals surface area contributed by atoms with Crippen LogP contribution in [-0.2, 0) is 71.3 Å². The van der Waals surface area contributed by atoms with Crippen LogP contribution in [0.3, 0.4) is 0 Å². The van der Waals surface area contributed by atoms with Crippen LogP contribution in [0.2, 0.25) is 0 Å². The third-order valence-electron chi connectivity index (χ3n) is 5.54. The Hall–Kier alpha value is -4.15. The van der Waals surface area contributed by atoms with E-state index in [4.69, 9.17) is 37.9 Å². The smallest absolute Gasteiger partial charge is 0.330 e. The van der Waals surface area contributed by atoms with Gasteiger partial charge in [0.1, 0.15) is 33.0 Å². The van der Waals surface area contributed by atoms with Gasteiger partial charge in [-0.1, -0.05) is 99.2 Å². The molecule has 0 rings (SSSR count). The highest BCUT2D eigenvalue weighted by Crippen LogP contribution is 2.24. The van der Waals surface area contributed by atoms with Gasteiger partial charge in [0.15, 0.2) is 0 Å². The Bertz CT molecular complexity index is 878. The van der Waals surface area contributed by atoms with Crippen LogP contribution in [0, 0.1) is 5.41 Å². The summed E-state index contributed by atoms with van der Waals surface area (Å²) in [6.45, 7) is 21.9. The molecule has 0 aromatic rings. The van der Waals surface area contributed by atoms with Crippen molar-refractivity contribution in [3.8, 4) is 0 Å². The second kappa shape index (κ2) is 55.2. The number of hydrogen-bond donors (Lipinski definition) is 0. The van der Waals surface area contributed by atoms with E-state index in [2.05, 4.69) is 42.4 Å². The van der Waals surface area contributed by atoms with Crippen LogP contribution in [0.1, 0.15) is 72.8 Å². The van der Waals surface area contributed by atoms with E-state index >= 15 is 0 Å². The molecule has 336 valence electrons. The lowest BCUT2D eigenvalue weighted by molar-refractivity contribution is -0.142. The number of carbonyl (C=O) groups excluding carboxylic acids is 5.